The number of halogens is 2. The van der Waals surface area contributed by atoms with Gasteiger partial charge in [0.25, 0.3) is 15.7 Å². The van der Waals surface area contributed by atoms with Crippen LogP contribution in [0, 0.1) is 17.0 Å². The van der Waals surface area contributed by atoms with Crippen LogP contribution in [-0.2, 0) is 32.6 Å². The molecule has 264 valence electrons. The van der Waals surface area contributed by atoms with E-state index < -0.39 is 55.5 Å². The van der Waals surface area contributed by atoms with Crippen molar-refractivity contribution in [2.24, 2.45) is 0 Å². The van der Waals surface area contributed by atoms with Crippen molar-refractivity contribution in [3.05, 3.63) is 128 Å². The molecule has 0 aliphatic heterocycles. The van der Waals surface area contributed by atoms with Gasteiger partial charge >= 0.3 is 0 Å². The summed E-state index contributed by atoms with van der Waals surface area (Å²) in [6, 6.07) is 22.6. The molecule has 0 spiro atoms. The summed E-state index contributed by atoms with van der Waals surface area (Å²) in [6.07, 6.45) is 0.0936. The van der Waals surface area contributed by atoms with Crippen LogP contribution in [0.2, 0.25) is 10.0 Å². The molecule has 4 aromatic carbocycles. The lowest BCUT2D eigenvalue weighted by Gasteiger charge is -2.35. The molecule has 0 aromatic heterocycles. The number of nitrogens with one attached hydrogen (secondary N) is 1. The molecule has 4 aromatic rings. The lowest BCUT2D eigenvalue weighted by atomic mass is 10.0. The second kappa shape index (κ2) is 15.9. The molecular weight excluding hydrogens is 703 g/mol. The van der Waals surface area contributed by atoms with Crippen molar-refractivity contribution in [3.63, 3.8) is 0 Å². The maximum Gasteiger partial charge on any atom is 0.273 e. The average Bonchev–Trinajstić information content (AvgIpc) is 3.05. The Labute approximate surface area is 302 Å². The number of aryl methyl sites for hydroxylation is 1. The van der Waals surface area contributed by atoms with Gasteiger partial charge in [-0.05, 0) is 69.2 Å². The number of sulfonamides is 1. The molecule has 1 N–H and O–H groups in total. The summed E-state index contributed by atoms with van der Waals surface area (Å²) in [5.74, 6) is -1.16. The highest BCUT2D eigenvalue weighted by molar-refractivity contribution is 7.92. The van der Waals surface area contributed by atoms with Gasteiger partial charge in [0.1, 0.15) is 18.3 Å². The number of hydrogen-bond acceptors (Lipinski definition) is 7. The Bertz CT molecular complexity index is 1990. The van der Waals surface area contributed by atoms with E-state index in [0.717, 1.165) is 15.9 Å². The summed E-state index contributed by atoms with van der Waals surface area (Å²) in [6.45, 7) is 5.93. The Kier molecular flexibility index (Phi) is 12.2. The Hall–Kier alpha value is -4.65. The average molecular weight is 742 g/mol. The number of nitrogens with zero attached hydrogens (tertiary/aromatic N) is 3. The van der Waals surface area contributed by atoms with Gasteiger partial charge in [-0.15, -0.1) is 0 Å². The summed E-state index contributed by atoms with van der Waals surface area (Å²) >= 11 is 12.9. The number of ether oxygens (including phenoxy) is 1. The van der Waals surface area contributed by atoms with Crippen molar-refractivity contribution in [1.82, 2.24) is 10.2 Å². The molecule has 0 unspecified atom stereocenters. The zero-order valence-electron chi connectivity index (χ0n) is 28.2. The van der Waals surface area contributed by atoms with Gasteiger partial charge < -0.3 is 15.0 Å². The first-order chi connectivity index (χ1) is 23.5. The molecule has 0 heterocycles. The van der Waals surface area contributed by atoms with Crippen LogP contribution >= 0.6 is 23.2 Å². The van der Waals surface area contributed by atoms with E-state index in [-0.39, 0.29) is 35.0 Å². The third-order valence-electron chi connectivity index (χ3n) is 7.72. The summed E-state index contributed by atoms with van der Waals surface area (Å²) in [5, 5.41) is 15.2. The van der Waals surface area contributed by atoms with Crippen molar-refractivity contribution in [2.45, 2.75) is 57.1 Å². The van der Waals surface area contributed by atoms with Crippen LogP contribution in [0.25, 0.3) is 0 Å². The van der Waals surface area contributed by atoms with E-state index >= 15 is 0 Å². The van der Waals surface area contributed by atoms with Crippen LogP contribution < -0.4 is 14.4 Å². The van der Waals surface area contributed by atoms with Crippen LogP contribution in [0.15, 0.2) is 95.9 Å². The molecule has 0 aliphatic carbocycles. The lowest BCUT2D eigenvalue weighted by molar-refractivity contribution is -0.385. The maximum absolute atomic E-state index is 14.8. The minimum Gasteiger partial charge on any atom is -0.495 e. The van der Waals surface area contributed by atoms with Crippen LogP contribution in [0.5, 0.6) is 5.75 Å². The third kappa shape index (κ3) is 9.32. The third-order valence-corrected chi connectivity index (χ3v) is 10.1. The molecule has 11 nitrogen and oxygen atoms in total. The molecule has 2 amide bonds. The number of anilines is 1. The molecule has 0 saturated carbocycles. The quantitative estimate of drug-likeness (QED) is 0.115. The minimum absolute atomic E-state index is 0.0661. The first-order valence-electron chi connectivity index (χ1n) is 15.5. The van der Waals surface area contributed by atoms with Crippen molar-refractivity contribution in [2.75, 3.05) is 18.0 Å². The summed E-state index contributed by atoms with van der Waals surface area (Å²) in [7, 11) is -3.38. The van der Waals surface area contributed by atoms with E-state index in [1.54, 1.807) is 24.3 Å². The number of carbonyl (C=O) groups is 2. The van der Waals surface area contributed by atoms with Gasteiger partial charge in [0.05, 0.1) is 22.6 Å². The van der Waals surface area contributed by atoms with Crippen LogP contribution in [-0.4, -0.2) is 55.3 Å². The number of methoxy groups -OCH3 is 1. The second-order valence-electron chi connectivity index (χ2n) is 12.6. The van der Waals surface area contributed by atoms with Crippen molar-refractivity contribution < 1.29 is 27.7 Å². The minimum atomic E-state index is -4.70. The Balaban J connectivity index is 1.91. The highest BCUT2D eigenvalue weighted by atomic mass is 35.5. The summed E-state index contributed by atoms with van der Waals surface area (Å²) < 4.78 is 35.2. The second-order valence-corrected chi connectivity index (χ2v) is 15.3. The topological polar surface area (TPSA) is 139 Å². The Morgan fingerprint density at radius 3 is 2.24 bits per heavy atom. The highest BCUT2D eigenvalue weighted by Gasteiger charge is 2.37. The van der Waals surface area contributed by atoms with Crippen molar-refractivity contribution in [1.29, 1.82) is 0 Å². The largest absolute Gasteiger partial charge is 0.495 e. The molecule has 0 fully saturated rings. The number of rotatable bonds is 13. The van der Waals surface area contributed by atoms with Gasteiger partial charge in [0.2, 0.25) is 11.8 Å². The molecule has 1 atom stereocenters. The summed E-state index contributed by atoms with van der Waals surface area (Å²) in [5.41, 5.74) is 0.343. The molecule has 4 rings (SSSR count). The maximum atomic E-state index is 14.8. The standard InChI is InChI=1S/C36H38Cl2N4O7S/c1-24-15-17-28(21-30(24)42(45)46)50(47,48)41(31-20-27(37)16-18-33(31)49-5)23-34(43)40(22-26-13-9-10-14-29(26)38)32(35(44)39-36(2,3)4)19-25-11-7-6-8-12-25/h6-18,20-21,32H,19,22-23H2,1-5H3,(H,39,44)/t32-/m0/s1. The van der Waals surface area contributed by atoms with E-state index in [2.05, 4.69) is 5.32 Å². The number of nitro benzene ring substituents is 1. The zero-order chi connectivity index (χ0) is 36.8. The summed E-state index contributed by atoms with van der Waals surface area (Å²) in [4.78, 5) is 40.8. The predicted molar refractivity (Wildman–Crippen MR) is 194 cm³/mol. The van der Waals surface area contributed by atoms with E-state index in [4.69, 9.17) is 27.9 Å². The number of nitro groups is 1. The molecule has 0 radical (unpaired) electrons. The van der Waals surface area contributed by atoms with Gasteiger partial charge in [-0.25, -0.2) is 8.42 Å². The van der Waals surface area contributed by atoms with Crippen LogP contribution in [0.4, 0.5) is 11.4 Å². The molecule has 0 bridgehead atoms. The van der Waals surface area contributed by atoms with Gasteiger partial charge in [0, 0.05) is 40.2 Å². The van der Waals surface area contributed by atoms with E-state index in [9.17, 15) is 28.1 Å². The SMILES string of the molecule is COc1ccc(Cl)cc1N(CC(=O)N(Cc1ccccc1Cl)[C@@H](Cc1ccccc1)C(=O)NC(C)(C)C)S(=O)(=O)c1ccc(C)c([N+](=O)[O-])c1. The number of amides is 2. The van der Waals surface area contributed by atoms with E-state index in [1.807, 2.05) is 51.1 Å². The Morgan fingerprint density at radius 1 is 0.960 bits per heavy atom. The van der Waals surface area contributed by atoms with Crippen molar-refractivity contribution in [3.8, 4) is 5.75 Å². The van der Waals surface area contributed by atoms with E-state index in [0.29, 0.717) is 10.6 Å². The lowest BCUT2D eigenvalue weighted by Crippen LogP contribution is -2.56. The fourth-order valence-corrected chi connectivity index (χ4v) is 7.06. The van der Waals surface area contributed by atoms with Gasteiger partial charge in [-0.2, -0.15) is 0 Å². The van der Waals surface area contributed by atoms with Crippen molar-refractivity contribution >= 4 is 56.4 Å². The number of carbonyl (C=O) groups excluding carboxylic acids is 2. The predicted octanol–water partition coefficient (Wildman–Crippen LogP) is 6.97. The molecule has 50 heavy (non-hydrogen) atoms. The fraction of sp³-hybridized carbons (Fsp3) is 0.278. The first-order valence-corrected chi connectivity index (χ1v) is 17.7. The first kappa shape index (κ1) is 38.2. The monoisotopic (exact) mass is 740 g/mol. The van der Waals surface area contributed by atoms with Crippen LogP contribution in [0.3, 0.4) is 0 Å². The Morgan fingerprint density at radius 2 is 1.62 bits per heavy atom. The molecule has 0 aliphatic rings. The van der Waals surface area contributed by atoms with E-state index in [1.165, 1.54) is 49.3 Å². The highest BCUT2D eigenvalue weighted by Crippen LogP contribution is 2.36. The van der Waals surface area contributed by atoms with Gasteiger partial charge in [-0.1, -0.05) is 77.8 Å². The normalized spacial score (nSPS) is 12.1. The van der Waals surface area contributed by atoms with Crippen LogP contribution in [0.1, 0.15) is 37.5 Å². The molecule has 0 saturated heterocycles. The molecule has 14 heteroatoms. The van der Waals surface area contributed by atoms with Gasteiger partial charge in [-0.3, -0.25) is 24.0 Å². The number of benzene rings is 4. The number of hydrogen-bond donors (Lipinski definition) is 1. The fourth-order valence-electron chi connectivity index (χ4n) is 5.26. The molecular formula is C36H38Cl2N4O7S. The smallest absolute Gasteiger partial charge is 0.273 e. The van der Waals surface area contributed by atoms with Gasteiger partial charge in [0.15, 0.2) is 0 Å². The zero-order valence-corrected chi connectivity index (χ0v) is 30.6.